The second kappa shape index (κ2) is 5.52. The molecule has 0 aliphatic heterocycles. The van der Waals surface area contributed by atoms with Gasteiger partial charge in [-0.3, -0.25) is 4.79 Å². The number of methoxy groups -OCH3 is 1. The highest BCUT2D eigenvalue weighted by Gasteiger charge is 2.16. The van der Waals surface area contributed by atoms with Crippen LogP contribution in [0, 0.1) is 12.7 Å². The summed E-state index contributed by atoms with van der Waals surface area (Å²) < 4.78 is 18.4. The van der Waals surface area contributed by atoms with Crippen molar-refractivity contribution in [3.05, 3.63) is 59.5 Å². The van der Waals surface area contributed by atoms with E-state index in [0.717, 1.165) is 0 Å². The largest absolute Gasteiger partial charge is 0.497 e. The fourth-order valence-corrected chi connectivity index (χ4v) is 2.49. The number of ether oxygens (including phenoxy) is 1. The first-order valence-electron chi connectivity index (χ1n) is 6.81. The standard InChI is InChI=1S/C17H15FN2O2/c1-10-16(14-7-6-11(18)8-15(14)19-10)17(21)20-12-4-3-5-13(9-12)22-2/h3-9,19H,1-2H3,(H,20,21). The van der Waals surface area contributed by atoms with Crippen molar-refractivity contribution in [3.63, 3.8) is 0 Å². The van der Waals surface area contributed by atoms with Gasteiger partial charge in [-0.15, -0.1) is 0 Å². The molecular formula is C17H15FN2O2. The Labute approximate surface area is 126 Å². The van der Waals surface area contributed by atoms with E-state index in [9.17, 15) is 9.18 Å². The minimum Gasteiger partial charge on any atom is -0.497 e. The summed E-state index contributed by atoms with van der Waals surface area (Å²) in [5, 5.41) is 3.53. The van der Waals surface area contributed by atoms with E-state index in [4.69, 9.17) is 4.74 Å². The van der Waals surface area contributed by atoms with Crippen molar-refractivity contribution < 1.29 is 13.9 Å². The number of H-pyrrole nitrogens is 1. The molecular weight excluding hydrogens is 283 g/mol. The van der Waals surface area contributed by atoms with Crippen LogP contribution in [-0.2, 0) is 0 Å². The van der Waals surface area contributed by atoms with Crippen molar-refractivity contribution in [3.8, 4) is 5.75 Å². The SMILES string of the molecule is COc1cccc(NC(=O)c2c(C)[nH]c3cc(F)ccc23)c1. The number of carbonyl (C=O) groups is 1. The second-order valence-corrected chi connectivity index (χ2v) is 5.00. The molecule has 0 aliphatic rings. The summed E-state index contributed by atoms with van der Waals surface area (Å²) in [6, 6.07) is 11.4. The number of aromatic nitrogens is 1. The predicted molar refractivity (Wildman–Crippen MR) is 83.9 cm³/mol. The minimum absolute atomic E-state index is 0.247. The first-order valence-corrected chi connectivity index (χ1v) is 6.81. The molecule has 0 unspecified atom stereocenters. The number of hydrogen-bond acceptors (Lipinski definition) is 2. The number of halogens is 1. The summed E-state index contributed by atoms with van der Waals surface area (Å²) in [5.74, 6) is 0.0765. The van der Waals surface area contributed by atoms with Crippen molar-refractivity contribution in [2.75, 3.05) is 12.4 Å². The van der Waals surface area contributed by atoms with Crippen molar-refractivity contribution in [1.29, 1.82) is 0 Å². The van der Waals surface area contributed by atoms with Crippen LogP contribution in [0.25, 0.3) is 10.9 Å². The second-order valence-electron chi connectivity index (χ2n) is 5.00. The molecule has 1 aromatic heterocycles. The smallest absolute Gasteiger partial charge is 0.258 e. The lowest BCUT2D eigenvalue weighted by Crippen LogP contribution is -2.12. The topological polar surface area (TPSA) is 54.1 Å². The maximum absolute atomic E-state index is 13.3. The van der Waals surface area contributed by atoms with E-state index in [2.05, 4.69) is 10.3 Å². The van der Waals surface area contributed by atoms with Crippen LogP contribution in [0.15, 0.2) is 42.5 Å². The number of aryl methyl sites for hydroxylation is 1. The third kappa shape index (κ3) is 2.53. The average Bonchev–Trinajstić information content (AvgIpc) is 2.82. The van der Waals surface area contributed by atoms with Gasteiger partial charge < -0.3 is 15.0 Å². The molecule has 2 N–H and O–H groups in total. The highest BCUT2D eigenvalue weighted by atomic mass is 19.1. The van der Waals surface area contributed by atoms with E-state index in [1.807, 2.05) is 0 Å². The van der Waals surface area contributed by atoms with Crippen LogP contribution in [0.4, 0.5) is 10.1 Å². The third-order valence-electron chi connectivity index (χ3n) is 3.50. The van der Waals surface area contributed by atoms with Crippen molar-refractivity contribution in [2.45, 2.75) is 6.92 Å². The molecule has 112 valence electrons. The van der Waals surface area contributed by atoms with E-state index in [-0.39, 0.29) is 11.7 Å². The summed E-state index contributed by atoms with van der Waals surface area (Å²) in [6.45, 7) is 1.79. The number of nitrogens with one attached hydrogen (secondary N) is 2. The van der Waals surface area contributed by atoms with Gasteiger partial charge in [-0.1, -0.05) is 6.07 Å². The number of rotatable bonds is 3. The summed E-state index contributed by atoms with van der Waals surface area (Å²) in [7, 11) is 1.57. The molecule has 0 fully saturated rings. The Balaban J connectivity index is 1.96. The highest BCUT2D eigenvalue weighted by Crippen LogP contribution is 2.25. The molecule has 5 heteroatoms. The van der Waals surface area contributed by atoms with Gasteiger partial charge in [-0.05, 0) is 37.3 Å². The Bertz CT molecular complexity index is 855. The van der Waals surface area contributed by atoms with E-state index < -0.39 is 0 Å². The Morgan fingerprint density at radius 2 is 2.05 bits per heavy atom. The number of amides is 1. The van der Waals surface area contributed by atoms with Gasteiger partial charge in [0.1, 0.15) is 11.6 Å². The summed E-state index contributed by atoms with van der Waals surface area (Å²) >= 11 is 0. The van der Waals surface area contributed by atoms with Crippen molar-refractivity contribution >= 4 is 22.5 Å². The molecule has 0 saturated heterocycles. The van der Waals surface area contributed by atoms with Crippen LogP contribution < -0.4 is 10.1 Å². The first-order chi connectivity index (χ1) is 10.6. The first kappa shape index (κ1) is 14.1. The maximum Gasteiger partial charge on any atom is 0.258 e. The number of aromatic amines is 1. The summed E-state index contributed by atoms with van der Waals surface area (Å²) in [4.78, 5) is 15.6. The zero-order valence-corrected chi connectivity index (χ0v) is 12.2. The van der Waals surface area contributed by atoms with Crippen molar-refractivity contribution in [2.24, 2.45) is 0 Å². The Kier molecular flexibility index (Phi) is 3.55. The summed E-state index contributed by atoms with van der Waals surface area (Å²) in [5.41, 5.74) is 2.45. The van der Waals surface area contributed by atoms with Gasteiger partial charge in [0, 0.05) is 28.4 Å². The molecule has 4 nitrogen and oxygen atoms in total. The van der Waals surface area contributed by atoms with Gasteiger partial charge in [-0.2, -0.15) is 0 Å². The van der Waals surface area contributed by atoms with Crippen LogP contribution in [0.5, 0.6) is 5.75 Å². The molecule has 0 aliphatic carbocycles. The minimum atomic E-state index is -0.339. The lowest BCUT2D eigenvalue weighted by Gasteiger charge is -2.07. The van der Waals surface area contributed by atoms with Crippen LogP contribution in [0.3, 0.4) is 0 Å². The molecule has 2 aromatic carbocycles. The Morgan fingerprint density at radius 3 is 2.82 bits per heavy atom. The number of benzene rings is 2. The van der Waals surface area contributed by atoms with Crippen LogP contribution in [-0.4, -0.2) is 18.0 Å². The quantitative estimate of drug-likeness (QED) is 0.771. The molecule has 0 spiro atoms. The monoisotopic (exact) mass is 298 g/mol. The Morgan fingerprint density at radius 1 is 1.23 bits per heavy atom. The van der Waals surface area contributed by atoms with E-state index >= 15 is 0 Å². The van der Waals surface area contributed by atoms with Gasteiger partial charge in [-0.25, -0.2) is 4.39 Å². The third-order valence-corrected chi connectivity index (χ3v) is 3.50. The molecule has 22 heavy (non-hydrogen) atoms. The van der Waals surface area contributed by atoms with Crippen LogP contribution in [0.1, 0.15) is 16.1 Å². The number of carbonyl (C=O) groups excluding carboxylic acids is 1. The lowest BCUT2D eigenvalue weighted by molar-refractivity contribution is 0.102. The number of fused-ring (bicyclic) bond motifs is 1. The maximum atomic E-state index is 13.3. The van der Waals surface area contributed by atoms with Crippen molar-refractivity contribution in [1.82, 2.24) is 4.98 Å². The summed E-state index contributed by atoms with van der Waals surface area (Å²) in [6.07, 6.45) is 0. The van der Waals surface area contributed by atoms with E-state index in [1.54, 1.807) is 44.4 Å². The zero-order valence-electron chi connectivity index (χ0n) is 12.2. The molecule has 3 rings (SSSR count). The lowest BCUT2D eigenvalue weighted by atomic mass is 10.1. The van der Waals surface area contributed by atoms with E-state index in [1.165, 1.54) is 12.1 Å². The van der Waals surface area contributed by atoms with Crippen LogP contribution >= 0.6 is 0 Å². The van der Waals surface area contributed by atoms with Gasteiger partial charge in [0.15, 0.2) is 0 Å². The average molecular weight is 298 g/mol. The van der Waals surface area contributed by atoms with E-state index in [0.29, 0.717) is 33.6 Å². The normalized spacial score (nSPS) is 10.7. The number of hydrogen-bond donors (Lipinski definition) is 2. The molecule has 0 saturated carbocycles. The predicted octanol–water partition coefficient (Wildman–Crippen LogP) is 3.88. The number of anilines is 1. The fourth-order valence-electron chi connectivity index (χ4n) is 2.49. The highest BCUT2D eigenvalue weighted by molar-refractivity contribution is 6.13. The molecule has 0 atom stereocenters. The molecule has 1 amide bonds. The Hall–Kier alpha value is -2.82. The zero-order chi connectivity index (χ0) is 15.7. The molecule has 3 aromatic rings. The molecule has 0 radical (unpaired) electrons. The molecule has 0 bridgehead atoms. The van der Waals surface area contributed by atoms with Crippen LogP contribution in [0.2, 0.25) is 0 Å². The van der Waals surface area contributed by atoms with Gasteiger partial charge in [0.2, 0.25) is 0 Å². The van der Waals surface area contributed by atoms with Gasteiger partial charge >= 0.3 is 0 Å². The molecule has 1 heterocycles. The van der Waals surface area contributed by atoms with Gasteiger partial charge in [0.25, 0.3) is 5.91 Å². The fraction of sp³-hybridized carbons (Fsp3) is 0.118. The van der Waals surface area contributed by atoms with Gasteiger partial charge in [0.05, 0.1) is 12.7 Å².